The lowest BCUT2D eigenvalue weighted by Gasteiger charge is -2.15. The molecule has 0 aliphatic heterocycles. The predicted molar refractivity (Wildman–Crippen MR) is 75.4 cm³/mol. The smallest absolute Gasteiger partial charge is 0.178 e. The van der Waals surface area contributed by atoms with Crippen molar-refractivity contribution in [1.29, 1.82) is 0 Å². The fourth-order valence-corrected chi connectivity index (χ4v) is 3.23. The molecular weight excluding hydrogens is 264 g/mol. The highest BCUT2D eigenvalue weighted by molar-refractivity contribution is 7.92. The third-order valence-corrected chi connectivity index (χ3v) is 5.57. The average molecular weight is 284 g/mol. The molecule has 0 bridgehead atoms. The summed E-state index contributed by atoms with van der Waals surface area (Å²) >= 11 is 0. The van der Waals surface area contributed by atoms with Crippen molar-refractivity contribution >= 4 is 15.6 Å². The van der Waals surface area contributed by atoms with E-state index >= 15 is 0 Å². The van der Waals surface area contributed by atoms with Gasteiger partial charge in [-0.25, -0.2) is 8.42 Å². The summed E-state index contributed by atoms with van der Waals surface area (Å²) in [6.07, 6.45) is 0. The van der Waals surface area contributed by atoms with Crippen molar-refractivity contribution in [2.75, 3.05) is 12.9 Å². The van der Waals surface area contributed by atoms with Crippen molar-refractivity contribution in [2.24, 2.45) is 5.92 Å². The van der Waals surface area contributed by atoms with Crippen LogP contribution in [-0.4, -0.2) is 32.3 Å². The van der Waals surface area contributed by atoms with E-state index in [2.05, 4.69) is 0 Å². The number of sulfone groups is 1. The first kappa shape index (κ1) is 15.7. The van der Waals surface area contributed by atoms with E-state index in [0.29, 0.717) is 11.3 Å². The normalized spacial score (nSPS) is 13.3. The van der Waals surface area contributed by atoms with Crippen LogP contribution in [0, 0.1) is 5.92 Å². The van der Waals surface area contributed by atoms with E-state index in [1.54, 1.807) is 31.2 Å². The molecule has 0 aliphatic carbocycles. The molecule has 1 unspecified atom stereocenters. The SMILES string of the molecule is COc1cccc(C(=O)CS(=O)(=O)C(C)C(C)C)c1. The molecular formula is C14H20O4S. The second kappa shape index (κ2) is 6.19. The van der Waals surface area contributed by atoms with Gasteiger partial charge in [-0.2, -0.15) is 0 Å². The Morgan fingerprint density at radius 1 is 1.26 bits per heavy atom. The third kappa shape index (κ3) is 4.06. The molecule has 0 N–H and O–H groups in total. The molecule has 1 aromatic carbocycles. The molecule has 0 spiro atoms. The number of hydrogen-bond acceptors (Lipinski definition) is 4. The molecule has 5 heteroatoms. The Balaban J connectivity index is 2.90. The highest BCUT2D eigenvalue weighted by Gasteiger charge is 2.27. The molecule has 1 aromatic rings. The first-order chi connectivity index (χ1) is 8.77. The van der Waals surface area contributed by atoms with Crippen LogP contribution in [0.25, 0.3) is 0 Å². The molecule has 0 saturated heterocycles. The van der Waals surface area contributed by atoms with Gasteiger partial charge in [0, 0.05) is 5.56 Å². The minimum absolute atomic E-state index is 0.0110. The van der Waals surface area contributed by atoms with Crippen LogP contribution < -0.4 is 4.74 Å². The summed E-state index contributed by atoms with van der Waals surface area (Å²) in [6.45, 7) is 5.30. The van der Waals surface area contributed by atoms with Gasteiger partial charge in [0.15, 0.2) is 15.6 Å². The molecule has 1 rings (SSSR count). The number of carbonyl (C=O) groups is 1. The van der Waals surface area contributed by atoms with Gasteiger partial charge in [-0.15, -0.1) is 0 Å². The van der Waals surface area contributed by atoms with E-state index in [4.69, 9.17) is 4.74 Å². The number of ketones is 1. The van der Waals surface area contributed by atoms with E-state index in [-0.39, 0.29) is 5.92 Å². The monoisotopic (exact) mass is 284 g/mol. The van der Waals surface area contributed by atoms with Gasteiger partial charge >= 0.3 is 0 Å². The molecule has 0 fully saturated rings. The number of Topliss-reactive ketones (excluding diaryl/α,β-unsaturated/α-hetero) is 1. The van der Waals surface area contributed by atoms with E-state index in [0.717, 1.165) is 0 Å². The fourth-order valence-electron chi connectivity index (χ4n) is 1.61. The second-order valence-electron chi connectivity index (χ2n) is 4.91. The Kier molecular flexibility index (Phi) is 5.11. The lowest BCUT2D eigenvalue weighted by atomic mass is 10.1. The van der Waals surface area contributed by atoms with E-state index in [9.17, 15) is 13.2 Å². The van der Waals surface area contributed by atoms with Crippen molar-refractivity contribution in [1.82, 2.24) is 0 Å². The summed E-state index contributed by atoms with van der Waals surface area (Å²) in [6, 6.07) is 6.53. The Labute approximate surface area is 114 Å². The number of methoxy groups -OCH3 is 1. The van der Waals surface area contributed by atoms with Gasteiger partial charge in [0.05, 0.1) is 12.4 Å². The zero-order valence-corrected chi connectivity index (χ0v) is 12.5. The maximum absolute atomic E-state index is 12.1. The molecule has 0 saturated carbocycles. The number of carbonyl (C=O) groups excluding carboxylic acids is 1. The van der Waals surface area contributed by atoms with Crippen LogP contribution in [0.2, 0.25) is 0 Å². The van der Waals surface area contributed by atoms with E-state index in [1.165, 1.54) is 7.11 Å². The summed E-state index contributed by atoms with van der Waals surface area (Å²) in [7, 11) is -1.92. The maximum atomic E-state index is 12.1. The van der Waals surface area contributed by atoms with Crippen molar-refractivity contribution in [3.05, 3.63) is 29.8 Å². The zero-order valence-electron chi connectivity index (χ0n) is 11.7. The van der Waals surface area contributed by atoms with Crippen molar-refractivity contribution in [3.63, 3.8) is 0 Å². The number of rotatable bonds is 6. The summed E-state index contributed by atoms with van der Waals surface area (Å²) in [4.78, 5) is 12.0. The fraction of sp³-hybridized carbons (Fsp3) is 0.500. The summed E-state index contributed by atoms with van der Waals surface area (Å²) in [5.74, 6) is -0.325. The topological polar surface area (TPSA) is 60.4 Å². The molecule has 4 nitrogen and oxygen atoms in total. The Morgan fingerprint density at radius 3 is 2.42 bits per heavy atom. The number of benzene rings is 1. The van der Waals surface area contributed by atoms with Crippen molar-refractivity contribution in [3.8, 4) is 5.75 Å². The van der Waals surface area contributed by atoms with Crippen LogP contribution in [0.1, 0.15) is 31.1 Å². The molecule has 0 amide bonds. The molecule has 106 valence electrons. The van der Waals surface area contributed by atoms with Crippen molar-refractivity contribution < 1.29 is 17.9 Å². The van der Waals surface area contributed by atoms with Gasteiger partial charge in [0.25, 0.3) is 0 Å². The second-order valence-corrected chi connectivity index (χ2v) is 7.27. The summed E-state index contributed by atoms with van der Waals surface area (Å²) in [5, 5.41) is -0.526. The van der Waals surface area contributed by atoms with E-state index in [1.807, 2.05) is 13.8 Å². The van der Waals surface area contributed by atoms with Gasteiger partial charge < -0.3 is 4.74 Å². The number of ether oxygens (including phenoxy) is 1. The standard InChI is InChI=1S/C14H20O4S/c1-10(2)11(3)19(16,17)9-14(15)12-6-5-7-13(8-12)18-4/h5-8,10-11H,9H2,1-4H3. The van der Waals surface area contributed by atoms with Crippen molar-refractivity contribution in [2.45, 2.75) is 26.0 Å². The average Bonchev–Trinajstić information content (AvgIpc) is 2.37. The molecule has 0 aliphatic rings. The van der Waals surface area contributed by atoms with Crippen LogP contribution in [-0.2, 0) is 9.84 Å². The van der Waals surface area contributed by atoms with Crippen LogP contribution in [0.3, 0.4) is 0 Å². The van der Waals surface area contributed by atoms with Gasteiger partial charge in [-0.05, 0) is 25.0 Å². The van der Waals surface area contributed by atoms with Crippen LogP contribution >= 0.6 is 0 Å². The maximum Gasteiger partial charge on any atom is 0.178 e. The van der Waals surface area contributed by atoms with Crippen LogP contribution in [0.4, 0.5) is 0 Å². The lowest BCUT2D eigenvalue weighted by molar-refractivity contribution is 0.102. The Bertz CT molecular complexity index is 546. The van der Waals surface area contributed by atoms with Gasteiger partial charge in [0.2, 0.25) is 0 Å². The Hall–Kier alpha value is -1.36. The quantitative estimate of drug-likeness (QED) is 0.752. The molecule has 0 radical (unpaired) electrons. The minimum Gasteiger partial charge on any atom is -0.497 e. The van der Waals surface area contributed by atoms with Crippen LogP contribution in [0.5, 0.6) is 5.75 Å². The summed E-state index contributed by atoms with van der Waals surface area (Å²) in [5.41, 5.74) is 0.360. The minimum atomic E-state index is -3.42. The molecule has 0 heterocycles. The first-order valence-corrected chi connectivity index (χ1v) is 7.88. The molecule has 1 atom stereocenters. The summed E-state index contributed by atoms with van der Waals surface area (Å²) < 4.78 is 29.1. The Morgan fingerprint density at radius 2 is 1.89 bits per heavy atom. The largest absolute Gasteiger partial charge is 0.497 e. The zero-order chi connectivity index (χ0) is 14.6. The molecule has 0 aromatic heterocycles. The highest BCUT2D eigenvalue weighted by atomic mass is 32.2. The van der Waals surface area contributed by atoms with E-state index < -0.39 is 26.6 Å². The predicted octanol–water partition coefficient (Wildman–Crippen LogP) is 2.34. The van der Waals surface area contributed by atoms with Gasteiger partial charge in [0.1, 0.15) is 11.5 Å². The molecule has 19 heavy (non-hydrogen) atoms. The third-order valence-electron chi connectivity index (χ3n) is 3.23. The first-order valence-electron chi connectivity index (χ1n) is 6.16. The number of hydrogen-bond donors (Lipinski definition) is 0. The van der Waals surface area contributed by atoms with Gasteiger partial charge in [-0.1, -0.05) is 26.0 Å². The van der Waals surface area contributed by atoms with Crippen LogP contribution in [0.15, 0.2) is 24.3 Å². The lowest BCUT2D eigenvalue weighted by Crippen LogP contribution is -2.29. The van der Waals surface area contributed by atoms with Gasteiger partial charge in [-0.3, -0.25) is 4.79 Å². The highest BCUT2D eigenvalue weighted by Crippen LogP contribution is 2.17.